The van der Waals surface area contributed by atoms with Crippen molar-refractivity contribution in [3.8, 4) is 16.9 Å². The molecule has 3 heteroatoms. The predicted molar refractivity (Wildman–Crippen MR) is 84.5 cm³/mol. The summed E-state index contributed by atoms with van der Waals surface area (Å²) in [5, 5.41) is 9.54. The van der Waals surface area contributed by atoms with Gasteiger partial charge in [0.1, 0.15) is 5.75 Å². The van der Waals surface area contributed by atoms with E-state index in [4.69, 9.17) is 4.74 Å². The lowest BCUT2D eigenvalue weighted by Crippen LogP contribution is -2.37. The number of hydrogen-bond acceptors (Lipinski definition) is 3. The predicted octanol–water partition coefficient (Wildman–Crippen LogP) is 2.93. The van der Waals surface area contributed by atoms with Crippen LogP contribution in [0.25, 0.3) is 11.1 Å². The first-order valence-corrected chi connectivity index (χ1v) is 7.50. The minimum atomic E-state index is 0.309. The first kappa shape index (κ1) is 14.1. The van der Waals surface area contributed by atoms with Crippen molar-refractivity contribution in [1.29, 1.82) is 0 Å². The summed E-state index contributed by atoms with van der Waals surface area (Å²) in [4.78, 5) is 2.45. The van der Waals surface area contributed by atoms with Crippen molar-refractivity contribution in [1.82, 2.24) is 4.90 Å². The lowest BCUT2D eigenvalue weighted by molar-refractivity contribution is 0.0384. The molecule has 1 saturated heterocycles. The smallest absolute Gasteiger partial charge is 0.116 e. The highest BCUT2D eigenvalue weighted by atomic mass is 16.5. The average molecular weight is 283 g/mol. The molecule has 0 aromatic heterocycles. The minimum Gasteiger partial charge on any atom is -0.508 e. The van der Waals surface area contributed by atoms with E-state index in [0.717, 1.165) is 50.4 Å². The molecule has 0 atom stereocenters. The van der Waals surface area contributed by atoms with Gasteiger partial charge in [-0.05, 0) is 35.2 Å². The van der Waals surface area contributed by atoms with Crippen molar-refractivity contribution < 1.29 is 9.84 Å². The Hall–Kier alpha value is -1.84. The summed E-state index contributed by atoms with van der Waals surface area (Å²) < 4.78 is 5.36. The van der Waals surface area contributed by atoms with Gasteiger partial charge in [0.2, 0.25) is 0 Å². The fourth-order valence-corrected chi connectivity index (χ4v) is 2.66. The Bertz CT molecular complexity index is 574. The Labute approximate surface area is 125 Å². The highest BCUT2D eigenvalue weighted by Crippen LogP contribution is 2.23. The quantitative estimate of drug-likeness (QED) is 0.936. The SMILES string of the molecule is Oc1cccc(-c2ccc(CCN3CCOCC3)cc2)c1. The molecule has 3 rings (SSSR count). The van der Waals surface area contributed by atoms with E-state index in [-0.39, 0.29) is 0 Å². The van der Waals surface area contributed by atoms with Crippen LogP contribution in [0.3, 0.4) is 0 Å². The Balaban J connectivity index is 1.61. The van der Waals surface area contributed by atoms with Gasteiger partial charge in [0, 0.05) is 19.6 Å². The second-order valence-electron chi connectivity index (χ2n) is 5.45. The van der Waals surface area contributed by atoms with Gasteiger partial charge in [0.25, 0.3) is 0 Å². The fourth-order valence-electron chi connectivity index (χ4n) is 2.66. The maximum absolute atomic E-state index is 9.54. The molecule has 0 radical (unpaired) electrons. The van der Waals surface area contributed by atoms with Gasteiger partial charge in [-0.25, -0.2) is 0 Å². The van der Waals surface area contributed by atoms with Gasteiger partial charge in [-0.15, -0.1) is 0 Å². The molecule has 1 heterocycles. The van der Waals surface area contributed by atoms with Crippen LogP contribution in [0.1, 0.15) is 5.56 Å². The van der Waals surface area contributed by atoms with E-state index in [9.17, 15) is 5.11 Å². The van der Waals surface area contributed by atoms with Crippen LogP contribution in [0, 0.1) is 0 Å². The lowest BCUT2D eigenvalue weighted by atomic mass is 10.0. The first-order valence-electron chi connectivity index (χ1n) is 7.50. The van der Waals surface area contributed by atoms with Crippen LogP contribution in [0.5, 0.6) is 5.75 Å². The summed E-state index contributed by atoms with van der Waals surface area (Å²) in [5.41, 5.74) is 3.54. The van der Waals surface area contributed by atoms with E-state index >= 15 is 0 Å². The molecule has 0 saturated carbocycles. The molecule has 21 heavy (non-hydrogen) atoms. The van der Waals surface area contributed by atoms with Crippen molar-refractivity contribution in [2.24, 2.45) is 0 Å². The third-order valence-corrected chi connectivity index (χ3v) is 3.95. The third-order valence-electron chi connectivity index (χ3n) is 3.95. The van der Waals surface area contributed by atoms with E-state index < -0.39 is 0 Å². The van der Waals surface area contributed by atoms with E-state index in [2.05, 4.69) is 29.2 Å². The molecule has 1 fully saturated rings. The number of phenolic OH excluding ortho intramolecular Hbond substituents is 1. The largest absolute Gasteiger partial charge is 0.508 e. The number of benzene rings is 2. The highest BCUT2D eigenvalue weighted by molar-refractivity contribution is 5.65. The summed E-state index contributed by atoms with van der Waals surface area (Å²) >= 11 is 0. The number of morpholine rings is 1. The van der Waals surface area contributed by atoms with Crippen LogP contribution >= 0.6 is 0 Å². The molecule has 0 bridgehead atoms. The summed E-state index contributed by atoms with van der Waals surface area (Å²) in [5.74, 6) is 0.309. The molecule has 1 aliphatic rings. The van der Waals surface area contributed by atoms with Crippen molar-refractivity contribution in [2.45, 2.75) is 6.42 Å². The average Bonchev–Trinajstić information content (AvgIpc) is 2.54. The van der Waals surface area contributed by atoms with Crippen molar-refractivity contribution in [3.05, 3.63) is 54.1 Å². The maximum atomic E-state index is 9.54. The van der Waals surface area contributed by atoms with Gasteiger partial charge in [-0.3, -0.25) is 4.90 Å². The van der Waals surface area contributed by atoms with E-state index in [1.54, 1.807) is 12.1 Å². The van der Waals surface area contributed by atoms with E-state index in [1.165, 1.54) is 5.56 Å². The number of rotatable bonds is 4. The number of nitrogens with zero attached hydrogens (tertiary/aromatic N) is 1. The normalized spacial score (nSPS) is 16.0. The van der Waals surface area contributed by atoms with Crippen molar-refractivity contribution in [2.75, 3.05) is 32.8 Å². The number of hydrogen-bond donors (Lipinski definition) is 1. The minimum absolute atomic E-state index is 0.309. The molecule has 3 nitrogen and oxygen atoms in total. The Morgan fingerprint density at radius 2 is 1.71 bits per heavy atom. The summed E-state index contributed by atoms with van der Waals surface area (Å²) in [6.45, 7) is 4.89. The van der Waals surface area contributed by atoms with Gasteiger partial charge in [0.15, 0.2) is 0 Å². The van der Waals surface area contributed by atoms with Gasteiger partial charge < -0.3 is 9.84 Å². The third kappa shape index (κ3) is 3.84. The van der Waals surface area contributed by atoms with Crippen molar-refractivity contribution in [3.63, 3.8) is 0 Å². The summed E-state index contributed by atoms with van der Waals surface area (Å²) in [6.07, 6.45) is 1.07. The molecule has 1 aliphatic heterocycles. The van der Waals surface area contributed by atoms with Crippen LogP contribution in [0.2, 0.25) is 0 Å². The maximum Gasteiger partial charge on any atom is 0.116 e. The summed E-state index contributed by atoms with van der Waals surface area (Å²) in [7, 11) is 0. The molecule has 0 spiro atoms. The number of phenols is 1. The lowest BCUT2D eigenvalue weighted by Gasteiger charge is -2.26. The monoisotopic (exact) mass is 283 g/mol. The molecule has 1 N–H and O–H groups in total. The Morgan fingerprint density at radius 3 is 2.43 bits per heavy atom. The zero-order valence-electron chi connectivity index (χ0n) is 12.2. The zero-order chi connectivity index (χ0) is 14.5. The van der Waals surface area contributed by atoms with Gasteiger partial charge in [-0.1, -0.05) is 36.4 Å². The van der Waals surface area contributed by atoms with E-state index in [0.29, 0.717) is 5.75 Å². The topological polar surface area (TPSA) is 32.7 Å². The van der Waals surface area contributed by atoms with Crippen molar-refractivity contribution >= 4 is 0 Å². The molecule has 0 unspecified atom stereocenters. The molecule has 2 aromatic carbocycles. The molecule has 0 amide bonds. The summed E-state index contributed by atoms with van der Waals surface area (Å²) in [6, 6.07) is 16.0. The van der Waals surface area contributed by atoms with E-state index in [1.807, 2.05) is 12.1 Å². The van der Waals surface area contributed by atoms with Gasteiger partial charge in [-0.2, -0.15) is 0 Å². The van der Waals surface area contributed by atoms with Crippen LogP contribution < -0.4 is 0 Å². The second kappa shape index (κ2) is 6.74. The first-order chi connectivity index (χ1) is 10.3. The molecular formula is C18H21NO2. The van der Waals surface area contributed by atoms with Crippen LogP contribution in [-0.2, 0) is 11.2 Å². The number of ether oxygens (including phenoxy) is 1. The molecule has 0 aliphatic carbocycles. The zero-order valence-corrected chi connectivity index (χ0v) is 12.2. The fraction of sp³-hybridized carbons (Fsp3) is 0.333. The van der Waals surface area contributed by atoms with Gasteiger partial charge >= 0.3 is 0 Å². The highest BCUT2D eigenvalue weighted by Gasteiger charge is 2.09. The van der Waals surface area contributed by atoms with Crippen LogP contribution in [-0.4, -0.2) is 42.9 Å². The van der Waals surface area contributed by atoms with Crippen LogP contribution in [0.15, 0.2) is 48.5 Å². The molecule has 110 valence electrons. The van der Waals surface area contributed by atoms with Gasteiger partial charge in [0.05, 0.1) is 13.2 Å². The Morgan fingerprint density at radius 1 is 0.952 bits per heavy atom. The standard InChI is InChI=1S/C18H21NO2/c20-18-3-1-2-17(14-18)16-6-4-15(5-7-16)8-9-19-10-12-21-13-11-19/h1-7,14,20H,8-13H2. The number of aromatic hydroxyl groups is 1. The second-order valence-corrected chi connectivity index (χ2v) is 5.45. The Kier molecular flexibility index (Phi) is 4.53. The molecule has 2 aromatic rings. The van der Waals surface area contributed by atoms with Crippen LogP contribution in [0.4, 0.5) is 0 Å². The molecular weight excluding hydrogens is 262 g/mol.